The summed E-state index contributed by atoms with van der Waals surface area (Å²) in [6.07, 6.45) is 0.939. The van der Waals surface area contributed by atoms with Crippen LogP contribution in [0.25, 0.3) is 0 Å². The number of aliphatic hydroxyl groups is 1. The third-order valence-electron chi connectivity index (χ3n) is 1.63. The molecule has 0 bridgehead atoms. The molecule has 0 aliphatic carbocycles. The Kier molecular flexibility index (Phi) is 3.12. The van der Waals surface area contributed by atoms with Crippen LogP contribution in [0, 0.1) is 11.5 Å². The van der Waals surface area contributed by atoms with Crippen LogP contribution in [0.3, 0.4) is 0 Å². The largest absolute Gasteiger partial charge is 0.508 e. The number of hydrogen-bond acceptors (Lipinski definition) is 4. The highest BCUT2D eigenvalue weighted by Gasteiger charge is 2.06. The molecule has 4 heteroatoms. The van der Waals surface area contributed by atoms with E-state index in [9.17, 15) is 5.11 Å². The van der Waals surface area contributed by atoms with Gasteiger partial charge in [0.15, 0.2) is 6.19 Å². The third-order valence-corrected chi connectivity index (χ3v) is 1.63. The van der Waals surface area contributed by atoms with Gasteiger partial charge in [0.1, 0.15) is 5.75 Å². The van der Waals surface area contributed by atoms with Gasteiger partial charge in [0.25, 0.3) is 0 Å². The van der Waals surface area contributed by atoms with Crippen molar-refractivity contribution in [3.05, 3.63) is 29.8 Å². The smallest absolute Gasteiger partial charge is 0.176 e. The first-order valence-corrected chi connectivity index (χ1v) is 3.83. The summed E-state index contributed by atoms with van der Waals surface area (Å²) in [5.41, 5.74) is 0.586. The first-order chi connectivity index (χ1) is 6.24. The Balaban J connectivity index is 2.66. The lowest BCUT2D eigenvalue weighted by molar-refractivity contribution is 0.180. The minimum absolute atomic E-state index is 0.105. The number of phenols is 1. The monoisotopic (exact) mass is 177 g/mol. The molecular weight excluding hydrogens is 167 g/mol. The molecule has 0 radical (unpaired) electrons. The molecule has 0 aromatic heterocycles. The second kappa shape index (κ2) is 4.33. The Morgan fingerprint density at radius 2 is 2.31 bits per heavy atom. The number of nitriles is 1. The van der Waals surface area contributed by atoms with Crippen LogP contribution < -0.4 is 5.32 Å². The van der Waals surface area contributed by atoms with Gasteiger partial charge in [-0.1, -0.05) is 12.1 Å². The molecule has 0 amide bonds. The Morgan fingerprint density at radius 3 is 2.92 bits per heavy atom. The molecule has 0 fully saturated rings. The molecule has 1 unspecified atom stereocenters. The molecule has 1 atom stereocenters. The topological polar surface area (TPSA) is 76.3 Å². The van der Waals surface area contributed by atoms with E-state index in [0.717, 1.165) is 0 Å². The molecule has 68 valence electrons. The lowest BCUT2D eigenvalue weighted by atomic mass is 10.1. The molecule has 4 nitrogen and oxygen atoms in total. The number of benzene rings is 1. The van der Waals surface area contributed by atoms with Crippen LogP contribution in [0.4, 0.5) is 0 Å². The van der Waals surface area contributed by atoms with E-state index in [-0.39, 0.29) is 12.3 Å². The van der Waals surface area contributed by atoms with Gasteiger partial charge in [-0.25, -0.2) is 0 Å². The van der Waals surface area contributed by atoms with E-state index in [4.69, 9.17) is 10.4 Å². The Morgan fingerprint density at radius 1 is 1.54 bits per heavy atom. The van der Waals surface area contributed by atoms with Crippen molar-refractivity contribution in [1.82, 2.24) is 5.32 Å². The third kappa shape index (κ3) is 2.65. The normalized spacial score (nSPS) is 11.7. The van der Waals surface area contributed by atoms with Gasteiger partial charge in [0.05, 0.1) is 12.6 Å². The number of hydrogen-bond donors (Lipinski definition) is 3. The summed E-state index contributed by atoms with van der Waals surface area (Å²) in [7, 11) is 0. The van der Waals surface area contributed by atoms with E-state index >= 15 is 0 Å². The van der Waals surface area contributed by atoms with Crippen LogP contribution >= 0.6 is 0 Å². The molecule has 0 aliphatic rings. The Bertz CT molecular complexity index is 320. The standard InChI is InChI=1S/C9H10N2O2/c10-6-11-5-9(13)7-2-1-3-8(12)4-7/h1-4,9,11-13H,5H2/i6-1. The number of aliphatic hydroxyl groups excluding tert-OH is 1. The summed E-state index contributed by atoms with van der Waals surface area (Å²) >= 11 is 0. The molecule has 13 heavy (non-hydrogen) atoms. The average Bonchev–Trinajstić information content (AvgIpc) is 2.14. The van der Waals surface area contributed by atoms with E-state index < -0.39 is 6.10 Å². The van der Waals surface area contributed by atoms with Crippen LogP contribution in [0.15, 0.2) is 24.3 Å². The predicted molar refractivity (Wildman–Crippen MR) is 46.7 cm³/mol. The Labute approximate surface area is 76.1 Å². The van der Waals surface area contributed by atoms with Crippen molar-refractivity contribution in [1.29, 1.82) is 5.26 Å². The minimum atomic E-state index is -0.772. The highest BCUT2D eigenvalue weighted by atomic mass is 16.3. The summed E-state index contributed by atoms with van der Waals surface area (Å²) in [6.45, 7) is 0.153. The molecule has 1 rings (SSSR count). The van der Waals surface area contributed by atoms with Crippen molar-refractivity contribution in [3.8, 4) is 11.9 Å². The van der Waals surface area contributed by atoms with E-state index in [0.29, 0.717) is 5.56 Å². The molecule has 1 aromatic carbocycles. The molecular formula is C9H10N2O2. The minimum Gasteiger partial charge on any atom is -0.508 e. The Hall–Kier alpha value is -1.73. The van der Waals surface area contributed by atoms with E-state index in [2.05, 4.69) is 5.32 Å². The maximum atomic E-state index is 9.45. The number of nitrogens with one attached hydrogen (secondary N) is 1. The van der Waals surface area contributed by atoms with Crippen molar-refractivity contribution in [2.45, 2.75) is 6.10 Å². The fourth-order valence-corrected chi connectivity index (χ4v) is 0.992. The zero-order chi connectivity index (χ0) is 9.68. The zero-order valence-corrected chi connectivity index (χ0v) is 6.94. The van der Waals surface area contributed by atoms with Crippen LogP contribution in [0.5, 0.6) is 5.75 Å². The number of rotatable bonds is 3. The summed E-state index contributed by atoms with van der Waals surface area (Å²) < 4.78 is 0. The quantitative estimate of drug-likeness (QED) is 0.464. The average molecular weight is 177 g/mol. The molecule has 0 saturated carbocycles. The molecule has 0 spiro atoms. The zero-order valence-electron chi connectivity index (χ0n) is 6.94. The fraction of sp³-hybridized carbons (Fsp3) is 0.222. The second-order valence-electron chi connectivity index (χ2n) is 2.60. The van der Waals surface area contributed by atoms with Crippen LogP contribution in [-0.2, 0) is 0 Å². The lowest BCUT2D eigenvalue weighted by Gasteiger charge is -2.09. The fourth-order valence-electron chi connectivity index (χ4n) is 0.992. The van der Waals surface area contributed by atoms with E-state index in [1.54, 1.807) is 18.3 Å². The van der Waals surface area contributed by atoms with Crippen molar-refractivity contribution >= 4 is 0 Å². The second-order valence-corrected chi connectivity index (χ2v) is 2.60. The van der Waals surface area contributed by atoms with E-state index in [1.165, 1.54) is 12.1 Å². The van der Waals surface area contributed by atoms with Gasteiger partial charge in [-0.05, 0) is 17.7 Å². The summed E-state index contributed by atoms with van der Waals surface area (Å²) in [6, 6.07) is 6.31. The SMILES string of the molecule is N#[11C]NCC(O)c1cccc(O)c1. The molecule has 0 heterocycles. The molecule has 1 aromatic rings. The number of nitrogens with zero attached hydrogens (tertiary/aromatic N) is 1. The molecule has 0 saturated heterocycles. The van der Waals surface area contributed by atoms with Crippen molar-refractivity contribution in [2.24, 2.45) is 0 Å². The maximum Gasteiger partial charge on any atom is 0.176 e. The van der Waals surface area contributed by atoms with Crippen LogP contribution in [0.1, 0.15) is 11.7 Å². The number of phenolic OH excluding ortho intramolecular Hbond substituents is 1. The molecule has 3 N–H and O–H groups in total. The first kappa shape index (κ1) is 9.36. The van der Waals surface area contributed by atoms with Crippen molar-refractivity contribution < 1.29 is 10.2 Å². The van der Waals surface area contributed by atoms with Crippen LogP contribution in [-0.4, -0.2) is 16.8 Å². The highest BCUT2D eigenvalue weighted by Crippen LogP contribution is 2.17. The van der Waals surface area contributed by atoms with Crippen LogP contribution in [0.2, 0.25) is 0 Å². The van der Waals surface area contributed by atoms with Crippen molar-refractivity contribution in [3.63, 3.8) is 0 Å². The first-order valence-electron chi connectivity index (χ1n) is 3.83. The van der Waals surface area contributed by atoms with Gasteiger partial charge in [-0.15, -0.1) is 0 Å². The van der Waals surface area contributed by atoms with E-state index in [1.807, 2.05) is 0 Å². The summed E-state index contributed by atoms with van der Waals surface area (Å²) in [4.78, 5) is 0. The van der Waals surface area contributed by atoms with Gasteiger partial charge in [0, 0.05) is 0 Å². The van der Waals surface area contributed by atoms with Gasteiger partial charge in [-0.3, -0.25) is 0 Å². The summed E-state index contributed by atoms with van der Waals surface area (Å²) in [5.74, 6) is 0.105. The van der Waals surface area contributed by atoms with Crippen molar-refractivity contribution in [2.75, 3.05) is 6.54 Å². The molecule has 0 aliphatic heterocycles. The van der Waals surface area contributed by atoms with Gasteiger partial charge >= 0.3 is 0 Å². The number of aromatic hydroxyl groups is 1. The highest BCUT2D eigenvalue weighted by molar-refractivity contribution is 5.28. The summed E-state index contributed by atoms with van der Waals surface area (Å²) in [5, 5.41) is 29.1. The van der Waals surface area contributed by atoms with Gasteiger partial charge in [0.2, 0.25) is 0 Å². The predicted octanol–water partition coefficient (Wildman–Crippen LogP) is 0.496. The van der Waals surface area contributed by atoms with Gasteiger partial charge < -0.3 is 15.5 Å². The van der Waals surface area contributed by atoms with Gasteiger partial charge in [-0.2, -0.15) is 5.26 Å². The lowest BCUT2D eigenvalue weighted by Crippen LogP contribution is -2.16. The maximum absolute atomic E-state index is 9.45.